The van der Waals surface area contributed by atoms with E-state index < -0.39 is 0 Å². The van der Waals surface area contributed by atoms with E-state index in [4.69, 9.17) is 8.94 Å². The Morgan fingerprint density at radius 1 is 1.25 bits per heavy atom. The maximum Gasteiger partial charge on any atom is 0.259 e. The summed E-state index contributed by atoms with van der Waals surface area (Å²) in [4.78, 5) is 19.5. The highest BCUT2D eigenvalue weighted by molar-refractivity contribution is 6.06. The lowest BCUT2D eigenvalue weighted by Crippen LogP contribution is -2.26. The Labute approximate surface area is 161 Å². The highest BCUT2D eigenvalue weighted by atomic mass is 16.5. The van der Waals surface area contributed by atoms with Gasteiger partial charge in [-0.2, -0.15) is 5.10 Å². The topological polar surface area (TPSA) is 90.2 Å². The van der Waals surface area contributed by atoms with Crippen LogP contribution in [0.1, 0.15) is 33.1 Å². The van der Waals surface area contributed by atoms with Crippen molar-refractivity contribution < 1.29 is 13.7 Å². The van der Waals surface area contributed by atoms with E-state index in [1.807, 2.05) is 33.2 Å². The van der Waals surface area contributed by atoms with Gasteiger partial charge in [-0.05, 0) is 32.9 Å². The van der Waals surface area contributed by atoms with Gasteiger partial charge in [0, 0.05) is 38.0 Å². The first-order chi connectivity index (χ1) is 13.3. The molecule has 8 heteroatoms. The average Bonchev–Trinajstić information content (AvgIpc) is 3.33. The Bertz CT molecular complexity index is 1180. The number of fused-ring (bicyclic) bond motifs is 1. The SMILES string of the molecule is Cc1cc(-c2cc(C(=O)N(C)Cc3cnn(C)c3)c3c(C)noc3n2)c(C)o1. The summed E-state index contributed by atoms with van der Waals surface area (Å²) >= 11 is 0. The molecule has 0 bridgehead atoms. The fourth-order valence-electron chi connectivity index (χ4n) is 3.39. The minimum absolute atomic E-state index is 0.137. The number of hydrogen-bond acceptors (Lipinski definition) is 6. The minimum Gasteiger partial charge on any atom is -0.466 e. The van der Waals surface area contributed by atoms with Crippen LogP contribution >= 0.6 is 0 Å². The van der Waals surface area contributed by atoms with Gasteiger partial charge >= 0.3 is 0 Å². The van der Waals surface area contributed by atoms with Crippen molar-refractivity contribution in [2.75, 3.05) is 7.05 Å². The quantitative estimate of drug-likeness (QED) is 0.540. The summed E-state index contributed by atoms with van der Waals surface area (Å²) in [6.45, 7) is 6.00. The van der Waals surface area contributed by atoms with Crippen molar-refractivity contribution in [3.63, 3.8) is 0 Å². The molecule has 0 aliphatic carbocycles. The number of nitrogens with zero attached hydrogens (tertiary/aromatic N) is 5. The summed E-state index contributed by atoms with van der Waals surface area (Å²) in [6, 6.07) is 3.69. The molecular formula is C20H21N5O3. The largest absolute Gasteiger partial charge is 0.466 e. The van der Waals surface area contributed by atoms with Gasteiger partial charge in [-0.3, -0.25) is 9.48 Å². The van der Waals surface area contributed by atoms with E-state index in [1.54, 1.807) is 35.8 Å². The van der Waals surface area contributed by atoms with Crippen molar-refractivity contribution in [3.05, 3.63) is 52.9 Å². The summed E-state index contributed by atoms with van der Waals surface area (Å²) in [5.41, 5.74) is 3.88. The molecule has 0 atom stereocenters. The molecule has 4 aromatic rings. The molecule has 144 valence electrons. The van der Waals surface area contributed by atoms with Crippen LogP contribution in [0.5, 0.6) is 0 Å². The lowest BCUT2D eigenvalue weighted by molar-refractivity contribution is 0.0787. The number of aryl methyl sites for hydroxylation is 4. The summed E-state index contributed by atoms with van der Waals surface area (Å²) in [6.07, 6.45) is 3.64. The molecule has 8 nitrogen and oxygen atoms in total. The number of carbonyl (C=O) groups is 1. The Hall–Kier alpha value is -3.42. The molecule has 4 rings (SSSR count). The third kappa shape index (κ3) is 3.06. The van der Waals surface area contributed by atoms with Gasteiger partial charge in [0.2, 0.25) is 0 Å². The highest BCUT2D eigenvalue weighted by Gasteiger charge is 2.23. The van der Waals surface area contributed by atoms with Gasteiger partial charge in [0.1, 0.15) is 11.5 Å². The predicted molar refractivity (Wildman–Crippen MR) is 103 cm³/mol. The Morgan fingerprint density at radius 3 is 2.68 bits per heavy atom. The molecule has 0 N–H and O–H groups in total. The zero-order valence-electron chi connectivity index (χ0n) is 16.5. The van der Waals surface area contributed by atoms with Crippen LogP contribution in [0.15, 0.2) is 33.5 Å². The molecule has 0 fully saturated rings. The number of aromatic nitrogens is 4. The molecule has 0 aliphatic rings. The third-order valence-corrected chi connectivity index (χ3v) is 4.69. The molecular weight excluding hydrogens is 358 g/mol. The van der Waals surface area contributed by atoms with Crippen molar-refractivity contribution in [2.45, 2.75) is 27.3 Å². The summed E-state index contributed by atoms with van der Waals surface area (Å²) in [7, 11) is 3.61. The van der Waals surface area contributed by atoms with Gasteiger partial charge in [-0.25, -0.2) is 4.98 Å². The van der Waals surface area contributed by atoms with E-state index in [0.717, 1.165) is 22.6 Å². The molecule has 1 amide bonds. The first-order valence-corrected chi connectivity index (χ1v) is 8.91. The lowest BCUT2D eigenvalue weighted by Gasteiger charge is -2.17. The Kier molecular flexibility index (Phi) is 4.26. The highest BCUT2D eigenvalue weighted by Crippen LogP contribution is 2.31. The fourth-order valence-corrected chi connectivity index (χ4v) is 3.39. The van der Waals surface area contributed by atoms with Crippen molar-refractivity contribution in [3.8, 4) is 11.3 Å². The maximum absolute atomic E-state index is 13.3. The van der Waals surface area contributed by atoms with E-state index in [2.05, 4.69) is 15.2 Å². The minimum atomic E-state index is -0.137. The van der Waals surface area contributed by atoms with Gasteiger partial charge in [0.15, 0.2) is 0 Å². The van der Waals surface area contributed by atoms with E-state index >= 15 is 0 Å². The number of pyridine rings is 1. The van der Waals surface area contributed by atoms with E-state index in [1.165, 1.54) is 0 Å². The second kappa shape index (κ2) is 6.63. The van der Waals surface area contributed by atoms with Crippen molar-refractivity contribution in [1.29, 1.82) is 0 Å². The average molecular weight is 379 g/mol. The molecule has 0 saturated heterocycles. The standard InChI is InChI=1S/C20H21N5O3/c1-11-6-15(13(3)27-11)17-7-16(18-12(2)23-28-19(18)22-17)20(26)24(4)9-14-8-21-25(5)10-14/h6-8,10H,9H2,1-5H3. The van der Waals surface area contributed by atoms with Crippen LogP contribution in [0.4, 0.5) is 0 Å². The van der Waals surface area contributed by atoms with Crippen LogP contribution in [0.2, 0.25) is 0 Å². The van der Waals surface area contributed by atoms with E-state index in [0.29, 0.717) is 34.6 Å². The van der Waals surface area contributed by atoms with E-state index in [-0.39, 0.29) is 5.91 Å². The molecule has 0 aliphatic heterocycles. The number of amides is 1. The molecule has 0 spiro atoms. The number of carbonyl (C=O) groups excluding carboxylic acids is 1. The smallest absolute Gasteiger partial charge is 0.259 e. The van der Waals surface area contributed by atoms with Crippen LogP contribution in [0.3, 0.4) is 0 Å². The lowest BCUT2D eigenvalue weighted by atomic mass is 10.0. The normalized spacial score (nSPS) is 11.3. The monoisotopic (exact) mass is 379 g/mol. The summed E-state index contributed by atoms with van der Waals surface area (Å²) < 4.78 is 12.7. The first kappa shape index (κ1) is 18.0. The molecule has 0 saturated carbocycles. The Balaban J connectivity index is 1.79. The summed E-state index contributed by atoms with van der Waals surface area (Å²) in [5, 5.41) is 8.79. The third-order valence-electron chi connectivity index (χ3n) is 4.69. The van der Waals surface area contributed by atoms with Gasteiger partial charge in [-0.15, -0.1) is 0 Å². The van der Waals surface area contributed by atoms with Crippen LogP contribution in [0, 0.1) is 20.8 Å². The van der Waals surface area contributed by atoms with Gasteiger partial charge < -0.3 is 13.8 Å². The van der Waals surface area contributed by atoms with Crippen LogP contribution in [-0.2, 0) is 13.6 Å². The summed E-state index contributed by atoms with van der Waals surface area (Å²) in [5.74, 6) is 1.38. The Morgan fingerprint density at radius 2 is 2.04 bits per heavy atom. The van der Waals surface area contributed by atoms with Crippen LogP contribution in [0.25, 0.3) is 22.4 Å². The zero-order valence-corrected chi connectivity index (χ0v) is 16.5. The van der Waals surface area contributed by atoms with E-state index in [9.17, 15) is 4.79 Å². The molecule has 4 aromatic heterocycles. The molecule has 0 unspecified atom stereocenters. The van der Waals surface area contributed by atoms with Crippen molar-refractivity contribution in [1.82, 2.24) is 24.8 Å². The molecule has 0 radical (unpaired) electrons. The number of hydrogen-bond donors (Lipinski definition) is 0. The van der Waals surface area contributed by atoms with Gasteiger partial charge in [0.05, 0.1) is 28.5 Å². The maximum atomic E-state index is 13.3. The van der Waals surface area contributed by atoms with Gasteiger partial charge in [-0.1, -0.05) is 5.16 Å². The van der Waals surface area contributed by atoms with Crippen molar-refractivity contribution >= 4 is 17.0 Å². The second-order valence-corrected chi connectivity index (χ2v) is 7.01. The second-order valence-electron chi connectivity index (χ2n) is 7.01. The number of furan rings is 1. The predicted octanol–water partition coefficient (Wildman–Crippen LogP) is 3.41. The van der Waals surface area contributed by atoms with Crippen molar-refractivity contribution in [2.24, 2.45) is 7.05 Å². The molecule has 0 aromatic carbocycles. The molecule has 4 heterocycles. The van der Waals surface area contributed by atoms with Crippen LogP contribution in [-0.4, -0.2) is 37.8 Å². The zero-order chi connectivity index (χ0) is 20.0. The van der Waals surface area contributed by atoms with Gasteiger partial charge in [0.25, 0.3) is 11.6 Å². The van der Waals surface area contributed by atoms with Crippen LogP contribution < -0.4 is 0 Å². The first-order valence-electron chi connectivity index (χ1n) is 8.91. The molecule has 28 heavy (non-hydrogen) atoms. The fraction of sp³-hybridized carbons (Fsp3) is 0.300. The number of rotatable bonds is 4.